The average Bonchev–Trinajstić information content (AvgIpc) is 2.25. The van der Waals surface area contributed by atoms with E-state index in [0.29, 0.717) is 0 Å². The molecular formula is C10H11FNO4S-. The van der Waals surface area contributed by atoms with E-state index in [1.54, 1.807) is 0 Å². The summed E-state index contributed by atoms with van der Waals surface area (Å²) >= 11 is -2.56. The van der Waals surface area contributed by atoms with Crippen molar-refractivity contribution in [2.24, 2.45) is 0 Å². The molecule has 0 aliphatic heterocycles. The van der Waals surface area contributed by atoms with Crippen LogP contribution in [0.25, 0.3) is 0 Å². The maximum absolute atomic E-state index is 13.3. The molecule has 1 aromatic rings. The number of nitrogens with zero attached hydrogens (tertiary/aromatic N) is 1. The molecule has 0 spiro atoms. The summed E-state index contributed by atoms with van der Waals surface area (Å²) in [4.78, 5) is 14.4. The second-order valence-corrected chi connectivity index (χ2v) is 4.24. The first-order chi connectivity index (χ1) is 7.93. The minimum Gasteiger partial charge on any atom is -0.768 e. The summed E-state index contributed by atoms with van der Waals surface area (Å²) in [7, 11) is 0. The van der Waals surface area contributed by atoms with Crippen molar-refractivity contribution in [1.29, 1.82) is 0 Å². The molecule has 7 heteroatoms. The minimum atomic E-state index is -2.56. The van der Waals surface area contributed by atoms with Crippen molar-refractivity contribution in [3.63, 3.8) is 0 Å². The Morgan fingerprint density at radius 1 is 1.65 bits per heavy atom. The van der Waals surface area contributed by atoms with Gasteiger partial charge < -0.3 is 9.29 Å². The van der Waals surface area contributed by atoms with E-state index in [9.17, 15) is 17.9 Å². The molecule has 94 valence electrons. The number of hydrogen-bond donors (Lipinski definition) is 0. The highest BCUT2D eigenvalue weighted by Gasteiger charge is 2.26. The number of pyridine rings is 1. The summed E-state index contributed by atoms with van der Waals surface area (Å²) in [6, 6.07) is 2.67. The summed E-state index contributed by atoms with van der Waals surface area (Å²) in [5.74, 6) is -0.701. The molecule has 0 aromatic carbocycles. The highest BCUT2D eigenvalue weighted by Crippen LogP contribution is 2.26. The fourth-order valence-electron chi connectivity index (χ4n) is 1.30. The van der Waals surface area contributed by atoms with Crippen molar-refractivity contribution < 1.29 is 22.7 Å². The maximum atomic E-state index is 13.3. The number of hydrogen-bond acceptors (Lipinski definition) is 5. The fraction of sp³-hybridized carbons (Fsp3) is 0.400. The lowest BCUT2D eigenvalue weighted by Crippen LogP contribution is -2.20. The zero-order valence-electron chi connectivity index (χ0n) is 9.25. The molecular weight excluding hydrogens is 249 g/mol. The van der Waals surface area contributed by atoms with Crippen molar-refractivity contribution in [3.8, 4) is 0 Å². The highest BCUT2D eigenvalue weighted by atomic mass is 32.2. The minimum absolute atomic E-state index is 0.106. The van der Waals surface area contributed by atoms with Crippen LogP contribution < -0.4 is 0 Å². The molecule has 0 fully saturated rings. The molecule has 17 heavy (non-hydrogen) atoms. The van der Waals surface area contributed by atoms with E-state index < -0.39 is 29.3 Å². The van der Waals surface area contributed by atoms with Gasteiger partial charge in [0.25, 0.3) is 0 Å². The van der Waals surface area contributed by atoms with Crippen LogP contribution in [0.5, 0.6) is 0 Å². The Balaban J connectivity index is 3.18. The Bertz CT molecular complexity index is 438. The summed E-state index contributed by atoms with van der Waals surface area (Å²) in [6.07, 6.45) is -1.57. The summed E-state index contributed by atoms with van der Waals surface area (Å²) in [5.41, 5.74) is -0.106. The predicted octanol–water partition coefficient (Wildman–Crippen LogP) is 1.28. The van der Waals surface area contributed by atoms with Crippen molar-refractivity contribution in [2.75, 3.05) is 0 Å². The number of carbonyl (C=O) groups is 1. The van der Waals surface area contributed by atoms with E-state index in [2.05, 4.69) is 4.98 Å². The molecule has 0 amide bonds. The molecule has 0 bridgehead atoms. The number of halogens is 1. The smallest absolute Gasteiger partial charge is 0.303 e. The highest BCUT2D eigenvalue weighted by molar-refractivity contribution is 7.79. The standard InChI is InChI=1S/C10H12FNO4S/c1-6(11)10(16-7(2)13)9-8(17(14)15)4-3-5-12-9/h3-6,10H,1-2H3,(H,14,15)/p-1. The summed E-state index contributed by atoms with van der Waals surface area (Å²) in [6.45, 7) is 2.28. The van der Waals surface area contributed by atoms with Gasteiger partial charge in [-0.2, -0.15) is 0 Å². The van der Waals surface area contributed by atoms with Crippen LogP contribution in [0.3, 0.4) is 0 Å². The van der Waals surface area contributed by atoms with Crippen LogP contribution >= 0.6 is 0 Å². The molecule has 0 saturated carbocycles. The lowest BCUT2D eigenvalue weighted by Gasteiger charge is -2.20. The van der Waals surface area contributed by atoms with Gasteiger partial charge in [0.1, 0.15) is 6.17 Å². The van der Waals surface area contributed by atoms with Gasteiger partial charge in [0.15, 0.2) is 6.10 Å². The SMILES string of the molecule is CC(=O)OC(c1ncccc1S(=O)[O-])C(C)F. The first kappa shape index (κ1) is 13.7. The van der Waals surface area contributed by atoms with Crippen molar-refractivity contribution in [1.82, 2.24) is 4.98 Å². The molecule has 1 heterocycles. The first-order valence-corrected chi connectivity index (χ1v) is 5.86. The zero-order valence-corrected chi connectivity index (χ0v) is 10.1. The Hall–Kier alpha value is -1.34. The molecule has 0 radical (unpaired) electrons. The molecule has 0 N–H and O–H groups in total. The number of esters is 1. The zero-order chi connectivity index (χ0) is 13.0. The topological polar surface area (TPSA) is 79.3 Å². The lowest BCUT2D eigenvalue weighted by atomic mass is 10.1. The third kappa shape index (κ3) is 3.57. The van der Waals surface area contributed by atoms with Gasteiger partial charge in [-0.1, -0.05) is 0 Å². The van der Waals surface area contributed by atoms with Gasteiger partial charge in [-0.05, 0) is 30.1 Å². The van der Waals surface area contributed by atoms with E-state index in [0.717, 1.165) is 6.92 Å². The van der Waals surface area contributed by atoms with Crippen LogP contribution in [0.2, 0.25) is 0 Å². The molecule has 3 unspecified atom stereocenters. The number of alkyl halides is 1. The molecule has 0 aliphatic rings. The number of aromatic nitrogens is 1. The van der Waals surface area contributed by atoms with Crippen LogP contribution in [0.4, 0.5) is 4.39 Å². The Morgan fingerprint density at radius 3 is 2.76 bits per heavy atom. The third-order valence-electron chi connectivity index (χ3n) is 1.96. The van der Waals surface area contributed by atoms with E-state index in [1.807, 2.05) is 0 Å². The van der Waals surface area contributed by atoms with E-state index in [1.165, 1.54) is 25.3 Å². The third-order valence-corrected chi connectivity index (χ3v) is 2.66. The van der Waals surface area contributed by atoms with Gasteiger partial charge in [0, 0.05) is 13.1 Å². The predicted molar refractivity (Wildman–Crippen MR) is 56.5 cm³/mol. The number of ether oxygens (including phenoxy) is 1. The van der Waals surface area contributed by atoms with E-state index in [4.69, 9.17) is 4.74 Å². The Kier molecular flexibility index (Phi) is 4.71. The molecule has 0 aliphatic carbocycles. The monoisotopic (exact) mass is 260 g/mol. The van der Waals surface area contributed by atoms with Crippen LogP contribution in [0.1, 0.15) is 25.6 Å². The normalized spacial score (nSPS) is 16.0. The van der Waals surface area contributed by atoms with Gasteiger partial charge in [-0.25, -0.2) is 4.39 Å². The Labute approximate surface area is 100 Å². The first-order valence-electron chi connectivity index (χ1n) is 4.79. The average molecular weight is 260 g/mol. The fourth-order valence-corrected chi connectivity index (χ4v) is 1.83. The summed E-state index contributed by atoms with van der Waals surface area (Å²) in [5, 5.41) is 0. The second-order valence-electron chi connectivity index (χ2n) is 3.33. The van der Waals surface area contributed by atoms with Crippen LogP contribution in [-0.2, 0) is 20.6 Å². The van der Waals surface area contributed by atoms with Gasteiger partial charge in [0.05, 0.1) is 10.6 Å². The summed E-state index contributed by atoms with van der Waals surface area (Å²) < 4.78 is 39.9. The molecule has 3 atom stereocenters. The second kappa shape index (κ2) is 5.83. The van der Waals surface area contributed by atoms with Crippen molar-refractivity contribution in [2.45, 2.75) is 31.0 Å². The van der Waals surface area contributed by atoms with Crippen molar-refractivity contribution in [3.05, 3.63) is 24.0 Å². The lowest BCUT2D eigenvalue weighted by molar-refractivity contribution is -0.150. The molecule has 5 nitrogen and oxygen atoms in total. The van der Waals surface area contributed by atoms with Crippen LogP contribution in [0.15, 0.2) is 23.2 Å². The van der Waals surface area contributed by atoms with Crippen LogP contribution in [0, 0.1) is 0 Å². The largest absolute Gasteiger partial charge is 0.768 e. The van der Waals surface area contributed by atoms with Crippen molar-refractivity contribution >= 4 is 17.0 Å². The number of rotatable bonds is 4. The van der Waals surface area contributed by atoms with Gasteiger partial charge in [0.2, 0.25) is 0 Å². The maximum Gasteiger partial charge on any atom is 0.303 e. The van der Waals surface area contributed by atoms with Gasteiger partial charge >= 0.3 is 5.97 Å². The van der Waals surface area contributed by atoms with Gasteiger partial charge in [-0.3, -0.25) is 14.0 Å². The van der Waals surface area contributed by atoms with Gasteiger partial charge in [-0.15, -0.1) is 0 Å². The molecule has 1 aromatic heterocycles. The van der Waals surface area contributed by atoms with Crippen LogP contribution in [-0.4, -0.2) is 25.9 Å². The van der Waals surface area contributed by atoms with E-state index >= 15 is 0 Å². The number of carbonyl (C=O) groups excluding carboxylic acids is 1. The molecule has 1 rings (SSSR count). The Morgan fingerprint density at radius 2 is 2.29 bits per heavy atom. The van der Waals surface area contributed by atoms with E-state index in [-0.39, 0.29) is 10.6 Å². The quantitative estimate of drug-likeness (QED) is 0.602. The molecule has 0 saturated heterocycles.